The van der Waals surface area contributed by atoms with Crippen LogP contribution in [0.15, 0.2) is 0 Å². The quantitative estimate of drug-likeness (QED) is 0.254. The van der Waals surface area contributed by atoms with Gasteiger partial charge in [0.25, 0.3) is 5.91 Å². The van der Waals surface area contributed by atoms with Crippen LogP contribution in [0.1, 0.15) is 39.0 Å². The van der Waals surface area contributed by atoms with Crippen molar-refractivity contribution in [3.8, 4) is 0 Å². The van der Waals surface area contributed by atoms with Gasteiger partial charge in [-0.25, -0.2) is 0 Å². The zero-order chi connectivity index (χ0) is 18.7. The Hall–Kier alpha value is -2.49. The van der Waals surface area contributed by atoms with E-state index in [0.29, 0.717) is 12.8 Å². The highest BCUT2D eigenvalue weighted by Crippen LogP contribution is 2.01. The maximum Gasteiger partial charge on any atom is 0.303 e. The summed E-state index contributed by atoms with van der Waals surface area (Å²) >= 11 is 0. The highest BCUT2D eigenvalue weighted by molar-refractivity contribution is 6.38. The van der Waals surface area contributed by atoms with Crippen molar-refractivity contribution < 1.29 is 29.1 Å². The largest absolute Gasteiger partial charge is 0.481 e. The van der Waals surface area contributed by atoms with Crippen LogP contribution in [0.5, 0.6) is 0 Å². The summed E-state index contributed by atoms with van der Waals surface area (Å²) in [5, 5.41) is 12.9. The lowest BCUT2D eigenvalue weighted by Crippen LogP contribution is -2.50. The second kappa shape index (κ2) is 11.1. The summed E-state index contributed by atoms with van der Waals surface area (Å²) in [5.41, 5.74) is 10.6. The van der Waals surface area contributed by atoms with Gasteiger partial charge in [-0.15, -0.1) is 0 Å². The van der Waals surface area contributed by atoms with Crippen LogP contribution < -0.4 is 22.1 Å². The second-order valence-electron chi connectivity index (χ2n) is 5.25. The van der Waals surface area contributed by atoms with E-state index in [1.807, 2.05) is 6.92 Å². The molecule has 136 valence electrons. The third-order valence-electron chi connectivity index (χ3n) is 3.13. The van der Waals surface area contributed by atoms with Crippen molar-refractivity contribution in [2.45, 2.75) is 51.1 Å². The third-order valence-corrected chi connectivity index (χ3v) is 3.13. The number of Topliss-reactive ketones (excluding diaryl/α,β-unsaturated/α-hetero) is 1. The SMILES string of the molecule is CCCC(N)C(=O)C(=O)NCC(=O)NC(CCCC(=O)O)C(N)=O. The van der Waals surface area contributed by atoms with Gasteiger partial charge in [0.1, 0.15) is 6.04 Å². The summed E-state index contributed by atoms with van der Waals surface area (Å²) in [7, 11) is 0. The highest BCUT2D eigenvalue weighted by atomic mass is 16.4. The van der Waals surface area contributed by atoms with Crippen molar-refractivity contribution in [3.63, 3.8) is 0 Å². The van der Waals surface area contributed by atoms with E-state index >= 15 is 0 Å². The fourth-order valence-corrected chi connectivity index (χ4v) is 1.85. The molecule has 0 radical (unpaired) electrons. The minimum absolute atomic E-state index is 0.0572. The number of amides is 3. The molecule has 0 aliphatic carbocycles. The van der Waals surface area contributed by atoms with Crippen molar-refractivity contribution in [2.24, 2.45) is 11.5 Å². The Morgan fingerprint density at radius 2 is 1.75 bits per heavy atom. The Morgan fingerprint density at radius 3 is 2.25 bits per heavy atom. The monoisotopic (exact) mass is 344 g/mol. The van der Waals surface area contributed by atoms with Gasteiger partial charge in [-0.05, 0) is 19.3 Å². The molecule has 2 unspecified atom stereocenters. The zero-order valence-electron chi connectivity index (χ0n) is 13.5. The molecule has 0 fully saturated rings. The summed E-state index contributed by atoms with van der Waals surface area (Å²) in [6.45, 7) is 1.29. The third kappa shape index (κ3) is 8.83. The van der Waals surface area contributed by atoms with E-state index < -0.39 is 48.1 Å². The molecule has 3 amide bonds. The molecule has 2 atom stereocenters. The molecule has 0 aliphatic rings. The molecule has 0 aromatic carbocycles. The maximum absolute atomic E-state index is 11.7. The number of carboxylic acids is 1. The predicted octanol–water partition coefficient (Wildman–Crippen LogP) is -1.98. The van der Waals surface area contributed by atoms with Gasteiger partial charge < -0.3 is 27.2 Å². The number of carboxylic acid groups (broad SMARTS) is 1. The zero-order valence-corrected chi connectivity index (χ0v) is 13.5. The number of rotatable bonds is 12. The Balaban J connectivity index is 4.33. The van der Waals surface area contributed by atoms with E-state index in [-0.39, 0.29) is 19.3 Å². The van der Waals surface area contributed by atoms with Crippen LogP contribution in [0.3, 0.4) is 0 Å². The van der Waals surface area contributed by atoms with Gasteiger partial charge in [0.05, 0.1) is 12.6 Å². The summed E-state index contributed by atoms with van der Waals surface area (Å²) in [5.74, 6) is -4.37. The standard InChI is InChI=1S/C14H24N4O6/c1-2-4-8(15)12(22)14(24)17-7-10(19)18-9(13(16)23)5-3-6-11(20)21/h8-9H,2-7,15H2,1H3,(H2,16,23)(H,17,24)(H,18,19)(H,20,21). The smallest absolute Gasteiger partial charge is 0.303 e. The average molecular weight is 344 g/mol. The fourth-order valence-electron chi connectivity index (χ4n) is 1.85. The molecular formula is C14H24N4O6. The molecule has 7 N–H and O–H groups in total. The summed E-state index contributed by atoms with van der Waals surface area (Å²) < 4.78 is 0. The number of aliphatic carboxylic acids is 1. The van der Waals surface area contributed by atoms with Crippen LogP contribution in [0.4, 0.5) is 0 Å². The van der Waals surface area contributed by atoms with E-state index in [0.717, 1.165) is 0 Å². The number of hydrogen-bond acceptors (Lipinski definition) is 6. The number of carbonyl (C=O) groups is 5. The molecule has 0 bridgehead atoms. The topological polar surface area (TPSA) is 182 Å². The molecule has 0 saturated heterocycles. The number of carbonyl (C=O) groups excluding carboxylic acids is 4. The lowest BCUT2D eigenvalue weighted by Gasteiger charge is -2.15. The van der Waals surface area contributed by atoms with Crippen molar-refractivity contribution in [1.82, 2.24) is 10.6 Å². The minimum Gasteiger partial charge on any atom is -0.481 e. The van der Waals surface area contributed by atoms with Gasteiger partial charge in [0.15, 0.2) is 0 Å². The predicted molar refractivity (Wildman–Crippen MR) is 83.5 cm³/mol. The molecule has 0 saturated carbocycles. The molecule has 0 spiro atoms. The van der Waals surface area contributed by atoms with E-state index in [1.54, 1.807) is 0 Å². The first-order valence-corrected chi connectivity index (χ1v) is 7.57. The van der Waals surface area contributed by atoms with Gasteiger partial charge in [0, 0.05) is 6.42 Å². The van der Waals surface area contributed by atoms with Crippen LogP contribution >= 0.6 is 0 Å². The van der Waals surface area contributed by atoms with Gasteiger partial charge in [0.2, 0.25) is 17.6 Å². The van der Waals surface area contributed by atoms with Crippen molar-refractivity contribution >= 4 is 29.5 Å². The molecule has 10 heteroatoms. The summed E-state index contributed by atoms with van der Waals surface area (Å²) in [6.07, 6.45) is 1.03. The summed E-state index contributed by atoms with van der Waals surface area (Å²) in [6, 6.07) is -1.97. The Bertz CT molecular complexity index is 494. The van der Waals surface area contributed by atoms with Crippen molar-refractivity contribution in [2.75, 3.05) is 6.54 Å². The van der Waals surface area contributed by atoms with E-state index in [4.69, 9.17) is 16.6 Å². The molecule has 0 aliphatic heterocycles. The number of hydrogen-bond donors (Lipinski definition) is 5. The molecular weight excluding hydrogens is 320 g/mol. The van der Waals surface area contributed by atoms with Crippen LogP contribution in [0, 0.1) is 0 Å². The van der Waals surface area contributed by atoms with E-state index in [2.05, 4.69) is 10.6 Å². The molecule has 0 aromatic heterocycles. The minimum atomic E-state index is -1.05. The lowest BCUT2D eigenvalue weighted by atomic mass is 10.1. The van der Waals surface area contributed by atoms with Gasteiger partial charge in [-0.1, -0.05) is 13.3 Å². The van der Waals surface area contributed by atoms with Crippen molar-refractivity contribution in [1.29, 1.82) is 0 Å². The van der Waals surface area contributed by atoms with E-state index in [1.165, 1.54) is 0 Å². The van der Waals surface area contributed by atoms with Crippen LogP contribution in [0.2, 0.25) is 0 Å². The number of nitrogens with two attached hydrogens (primary N) is 2. The summed E-state index contributed by atoms with van der Waals surface area (Å²) in [4.78, 5) is 56.5. The molecule has 0 rings (SSSR count). The molecule has 0 heterocycles. The van der Waals surface area contributed by atoms with Gasteiger partial charge in [-0.3, -0.25) is 24.0 Å². The average Bonchev–Trinajstić information content (AvgIpc) is 2.50. The lowest BCUT2D eigenvalue weighted by molar-refractivity contribution is -0.139. The normalized spacial score (nSPS) is 12.8. The van der Waals surface area contributed by atoms with E-state index in [9.17, 15) is 24.0 Å². The number of ketones is 1. The van der Waals surface area contributed by atoms with Crippen LogP contribution in [0.25, 0.3) is 0 Å². The molecule has 10 nitrogen and oxygen atoms in total. The molecule has 24 heavy (non-hydrogen) atoms. The molecule has 0 aromatic rings. The van der Waals surface area contributed by atoms with Crippen LogP contribution in [-0.4, -0.2) is 53.2 Å². The Morgan fingerprint density at radius 1 is 1.12 bits per heavy atom. The Kier molecular flexibility index (Phi) is 9.96. The first-order valence-electron chi connectivity index (χ1n) is 7.57. The highest BCUT2D eigenvalue weighted by Gasteiger charge is 2.22. The Labute approximate surface area is 139 Å². The van der Waals surface area contributed by atoms with Crippen molar-refractivity contribution in [3.05, 3.63) is 0 Å². The maximum atomic E-state index is 11.7. The first kappa shape index (κ1) is 21.5. The van der Waals surface area contributed by atoms with Gasteiger partial charge in [-0.2, -0.15) is 0 Å². The van der Waals surface area contributed by atoms with Crippen LogP contribution in [-0.2, 0) is 24.0 Å². The number of nitrogens with one attached hydrogen (secondary N) is 2. The van der Waals surface area contributed by atoms with Gasteiger partial charge >= 0.3 is 5.97 Å². The first-order chi connectivity index (χ1) is 11.2. The fraction of sp³-hybridized carbons (Fsp3) is 0.643. The number of primary amides is 1. The second-order valence-corrected chi connectivity index (χ2v) is 5.25.